The van der Waals surface area contributed by atoms with E-state index in [1.807, 2.05) is 12.1 Å². The molecule has 3 nitrogen and oxygen atoms in total. The van der Waals surface area contributed by atoms with E-state index in [0.29, 0.717) is 4.88 Å². The molecule has 0 atom stereocenters. The van der Waals surface area contributed by atoms with E-state index in [1.165, 1.54) is 16.9 Å². The normalized spacial score (nSPS) is 12.9. The van der Waals surface area contributed by atoms with Crippen LogP contribution in [0.1, 0.15) is 10.4 Å². The maximum Gasteiger partial charge on any atom is 0.132 e. The third-order valence-corrected chi connectivity index (χ3v) is 3.36. The molecule has 2 aromatic rings. The Balaban J connectivity index is 2.11. The van der Waals surface area contributed by atoms with Crippen molar-refractivity contribution in [2.75, 3.05) is 6.61 Å². The van der Waals surface area contributed by atoms with E-state index in [9.17, 15) is 0 Å². The predicted molar refractivity (Wildman–Crippen MR) is 61.5 cm³/mol. The Labute approximate surface area is 96.9 Å². The van der Waals surface area contributed by atoms with Gasteiger partial charge in [0.25, 0.3) is 0 Å². The largest absolute Gasteiger partial charge is 0.493 e. The molecule has 1 aromatic heterocycles. The number of ether oxygens (including phenoxy) is 1. The monoisotopic (exact) mass is 228 g/mol. The third-order valence-electron chi connectivity index (χ3n) is 2.63. The highest BCUT2D eigenvalue weighted by atomic mass is 32.1. The lowest BCUT2D eigenvalue weighted by molar-refractivity contribution is 0.357. The summed E-state index contributed by atoms with van der Waals surface area (Å²) >= 11 is 1.37. The summed E-state index contributed by atoms with van der Waals surface area (Å²) in [5.41, 5.74) is 4.69. The molecular formula is C12H8N2OS. The Morgan fingerprint density at radius 2 is 2.38 bits per heavy atom. The van der Waals surface area contributed by atoms with Crippen LogP contribution < -0.4 is 4.74 Å². The van der Waals surface area contributed by atoms with Gasteiger partial charge in [0.1, 0.15) is 16.7 Å². The predicted octanol–water partition coefficient (Wildman–Crippen LogP) is 2.62. The zero-order valence-electron chi connectivity index (χ0n) is 8.43. The molecule has 0 bridgehead atoms. The van der Waals surface area contributed by atoms with Crippen LogP contribution in [0.4, 0.5) is 0 Å². The van der Waals surface area contributed by atoms with Crippen molar-refractivity contribution in [2.24, 2.45) is 0 Å². The van der Waals surface area contributed by atoms with Crippen LogP contribution >= 0.6 is 11.3 Å². The first kappa shape index (κ1) is 9.37. The van der Waals surface area contributed by atoms with Crippen molar-refractivity contribution in [2.45, 2.75) is 6.42 Å². The second-order valence-electron chi connectivity index (χ2n) is 3.56. The van der Waals surface area contributed by atoms with E-state index >= 15 is 0 Å². The summed E-state index contributed by atoms with van der Waals surface area (Å²) in [6, 6.07) is 8.15. The van der Waals surface area contributed by atoms with Gasteiger partial charge in [0.15, 0.2) is 0 Å². The van der Waals surface area contributed by atoms with Crippen LogP contribution in [-0.4, -0.2) is 11.6 Å². The number of benzene rings is 1. The summed E-state index contributed by atoms with van der Waals surface area (Å²) in [7, 11) is 0. The highest BCUT2D eigenvalue weighted by Gasteiger charge is 2.15. The van der Waals surface area contributed by atoms with Gasteiger partial charge in [-0.2, -0.15) is 5.26 Å². The maximum absolute atomic E-state index is 8.96. The van der Waals surface area contributed by atoms with Gasteiger partial charge in [-0.05, 0) is 23.8 Å². The van der Waals surface area contributed by atoms with Gasteiger partial charge in [-0.3, -0.25) is 0 Å². The summed E-state index contributed by atoms with van der Waals surface area (Å²) in [4.78, 5) is 4.90. The number of thiazole rings is 1. The van der Waals surface area contributed by atoms with E-state index in [-0.39, 0.29) is 0 Å². The van der Waals surface area contributed by atoms with Crippen molar-refractivity contribution < 1.29 is 4.74 Å². The molecule has 0 radical (unpaired) electrons. The molecule has 0 unspecified atom stereocenters. The van der Waals surface area contributed by atoms with E-state index in [1.54, 1.807) is 5.51 Å². The van der Waals surface area contributed by atoms with E-state index in [0.717, 1.165) is 30.0 Å². The van der Waals surface area contributed by atoms with Crippen molar-refractivity contribution >= 4 is 11.3 Å². The van der Waals surface area contributed by atoms with Crippen LogP contribution in [-0.2, 0) is 6.42 Å². The summed E-state index contributed by atoms with van der Waals surface area (Å²) in [6.45, 7) is 0.751. The van der Waals surface area contributed by atoms with Crippen molar-refractivity contribution in [3.63, 3.8) is 0 Å². The number of hydrogen-bond acceptors (Lipinski definition) is 4. The van der Waals surface area contributed by atoms with Gasteiger partial charge in [0.2, 0.25) is 0 Å². The Hall–Kier alpha value is -1.86. The van der Waals surface area contributed by atoms with Gasteiger partial charge in [-0.25, -0.2) is 4.98 Å². The van der Waals surface area contributed by atoms with Crippen LogP contribution in [0.2, 0.25) is 0 Å². The molecule has 0 saturated heterocycles. The molecular weight excluding hydrogens is 220 g/mol. The fourth-order valence-corrected chi connectivity index (χ4v) is 2.46. The average molecular weight is 228 g/mol. The first-order valence-electron chi connectivity index (χ1n) is 4.98. The number of aromatic nitrogens is 1. The van der Waals surface area contributed by atoms with Crippen LogP contribution in [0.15, 0.2) is 23.7 Å². The molecule has 2 heterocycles. The summed E-state index contributed by atoms with van der Waals surface area (Å²) in [6.07, 6.45) is 0.940. The molecule has 0 spiro atoms. The molecule has 0 saturated carbocycles. The standard InChI is InChI=1S/C12H8N2OS/c13-6-11-12(14-7-16-11)9-1-2-10-8(5-9)3-4-15-10/h1-2,5,7H,3-4H2. The average Bonchev–Trinajstić information content (AvgIpc) is 2.96. The zero-order chi connectivity index (χ0) is 11.0. The minimum Gasteiger partial charge on any atom is -0.493 e. The van der Waals surface area contributed by atoms with Gasteiger partial charge in [0.05, 0.1) is 17.8 Å². The van der Waals surface area contributed by atoms with Gasteiger partial charge in [0, 0.05) is 12.0 Å². The summed E-state index contributed by atoms with van der Waals surface area (Å²) in [5.74, 6) is 0.956. The van der Waals surface area contributed by atoms with Crippen molar-refractivity contribution in [1.29, 1.82) is 5.26 Å². The van der Waals surface area contributed by atoms with E-state index in [2.05, 4.69) is 17.1 Å². The quantitative estimate of drug-likeness (QED) is 0.753. The fourth-order valence-electron chi connectivity index (χ4n) is 1.87. The number of rotatable bonds is 1. The number of nitrogens with zero attached hydrogens (tertiary/aromatic N) is 2. The molecule has 1 aliphatic rings. The van der Waals surface area contributed by atoms with Crippen LogP contribution in [0.5, 0.6) is 5.75 Å². The number of hydrogen-bond donors (Lipinski definition) is 0. The second kappa shape index (κ2) is 3.62. The zero-order valence-corrected chi connectivity index (χ0v) is 9.25. The van der Waals surface area contributed by atoms with Crippen LogP contribution in [0.25, 0.3) is 11.3 Å². The second-order valence-corrected chi connectivity index (χ2v) is 4.42. The van der Waals surface area contributed by atoms with Crippen LogP contribution in [0, 0.1) is 11.3 Å². The summed E-state index contributed by atoms with van der Waals surface area (Å²) in [5, 5.41) is 8.96. The summed E-state index contributed by atoms with van der Waals surface area (Å²) < 4.78 is 5.44. The van der Waals surface area contributed by atoms with Crippen molar-refractivity contribution in [3.05, 3.63) is 34.2 Å². The molecule has 0 aliphatic carbocycles. The van der Waals surface area contributed by atoms with Crippen LogP contribution in [0.3, 0.4) is 0 Å². The molecule has 3 rings (SSSR count). The first-order valence-corrected chi connectivity index (χ1v) is 5.86. The smallest absolute Gasteiger partial charge is 0.132 e. The van der Waals surface area contributed by atoms with Crippen molar-refractivity contribution in [3.8, 4) is 23.1 Å². The number of nitriles is 1. The van der Waals surface area contributed by atoms with E-state index in [4.69, 9.17) is 10.00 Å². The van der Waals surface area contributed by atoms with Gasteiger partial charge in [-0.15, -0.1) is 11.3 Å². The lowest BCUT2D eigenvalue weighted by Gasteiger charge is -2.01. The fraction of sp³-hybridized carbons (Fsp3) is 0.167. The molecule has 78 valence electrons. The molecule has 0 N–H and O–H groups in total. The Morgan fingerprint density at radius 3 is 3.25 bits per heavy atom. The molecule has 1 aromatic carbocycles. The Bertz CT molecular complexity index is 583. The molecule has 0 amide bonds. The highest BCUT2D eigenvalue weighted by molar-refractivity contribution is 7.10. The third kappa shape index (κ3) is 1.37. The topological polar surface area (TPSA) is 45.9 Å². The molecule has 0 fully saturated rings. The minimum absolute atomic E-state index is 0.666. The maximum atomic E-state index is 8.96. The van der Waals surface area contributed by atoms with E-state index < -0.39 is 0 Å². The minimum atomic E-state index is 0.666. The molecule has 4 heteroatoms. The van der Waals surface area contributed by atoms with Gasteiger partial charge >= 0.3 is 0 Å². The Kier molecular flexibility index (Phi) is 2.12. The molecule has 16 heavy (non-hydrogen) atoms. The van der Waals surface area contributed by atoms with Crippen molar-refractivity contribution in [1.82, 2.24) is 4.98 Å². The highest BCUT2D eigenvalue weighted by Crippen LogP contribution is 2.31. The lowest BCUT2D eigenvalue weighted by atomic mass is 10.1. The first-order chi connectivity index (χ1) is 7.88. The lowest BCUT2D eigenvalue weighted by Crippen LogP contribution is -1.85. The number of fused-ring (bicyclic) bond motifs is 1. The Morgan fingerprint density at radius 1 is 1.44 bits per heavy atom. The SMILES string of the molecule is N#Cc1scnc1-c1ccc2c(c1)CCO2. The van der Waals surface area contributed by atoms with Gasteiger partial charge in [-0.1, -0.05) is 0 Å². The molecule has 1 aliphatic heterocycles. The van der Waals surface area contributed by atoms with Gasteiger partial charge < -0.3 is 4.74 Å².